The Kier molecular flexibility index (Phi) is 7.14. The number of benzene rings is 2. The number of nitrogens with zero attached hydrogens (tertiary/aromatic N) is 4. The van der Waals surface area contributed by atoms with Crippen LogP contribution in [-0.4, -0.2) is 46.4 Å². The number of aromatic nitrogens is 3. The first-order valence-corrected chi connectivity index (χ1v) is 11.6. The number of anilines is 2. The quantitative estimate of drug-likeness (QED) is 0.494. The molecule has 9 nitrogen and oxygen atoms in total. The summed E-state index contributed by atoms with van der Waals surface area (Å²) in [7, 11) is 0. The molecule has 0 radical (unpaired) electrons. The Hall–Kier alpha value is -4.14. The van der Waals surface area contributed by atoms with Gasteiger partial charge in [-0.25, -0.2) is 9.48 Å². The first-order valence-electron chi connectivity index (χ1n) is 11.6. The number of nitrogens with one attached hydrogen (secondary N) is 1. The number of rotatable bonds is 8. The van der Waals surface area contributed by atoms with Crippen LogP contribution < -0.4 is 15.0 Å². The molecule has 0 bridgehead atoms. The van der Waals surface area contributed by atoms with Crippen molar-refractivity contribution < 1.29 is 19.1 Å². The number of carbonyl (C=O) groups excluding carboxylic acids is 2. The second kappa shape index (κ2) is 10.4. The standard InChI is InChI=1S/C26H29N5O4/c1-5-34-21-13-11-20(12-14-21)29-22(32)15-30-18(4)23(25(33)35-6-2)24(31-26(30)27-16-28-31)19-9-7-17(3)8-10-19/h7-14,16,24H,5-6,15H2,1-4H3,(H,29,32)/t24-/m1/s1. The SMILES string of the molecule is CCOC(=O)C1=C(C)N(CC(=O)Nc2ccc(OCC)cc2)c2ncnn2[C@@H]1c1ccc(C)cc1. The lowest BCUT2D eigenvalue weighted by Gasteiger charge is -2.35. The van der Waals surface area contributed by atoms with Gasteiger partial charge >= 0.3 is 5.97 Å². The van der Waals surface area contributed by atoms with Crippen molar-refractivity contribution in [2.75, 3.05) is 30.0 Å². The van der Waals surface area contributed by atoms with E-state index in [1.807, 2.05) is 38.1 Å². The van der Waals surface area contributed by atoms with Gasteiger partial charge in [-0.15, -0.1) is 0 Å². The number of esters is 1. The van der Waals surface area contributed by atoms with Crippen LogP contribution in [0.15, 0.2) is 66.1 Å². The molecule has 1 N–H and O–H groups in total. The molecule has 0 saturated heterocycles. The van der Waals surface area contributed by atoms with Crippen molar-refractivity contribution in [3.05, 3.63) is 77.3 Å². The molecule has 1 aliphatic heterocycles. The third-order valence-electron chi connectivity index (χ3n) is 5.75. The van der Waals surface area contributed by atoms with E-state index in [9.17, 15) is 9.59 Å². The average molecular weight is 476 g/mol. The number of allylic oxidation sites excluding steroid dienone is 1. The fraction of sp³-hybridized carbons (Fsp3) is 0.308. The van der Waals surface area contributed by atoms with E-state index in [4.69, 9.17) is 9.47 Å². The number of aryl methyl sites for hydroxylation is 1. The maximum absolute atomic E-state index is 13.1. The van der Waals surface area contributed by atoms with E-state index in [2.05, 4.69) is 15.4 Å². The van der Waals surface area contributed by atoms with Gasteiger partial charge in [-0.1, -0.05) is 29.8 Å². The monoisotopic (exact) mass is 475 g/mol. The van der Waals surface area contributed by atoms with Crippen molar-refractivity contribution in [1.82, 2.24) is 14.8 Å². The molecule has 2 heterocycles. The van der Waals surface area contributed by atoms with Crippen molar-refractivity contribution in [3.8, 4) is 5.75 Å². The number of carbonyl (C=O) groups is 2. The highest BCUT2D eigenvalue weighted by Gasteiger charge is 2.38. The number of ether oxygens (including phenoxy) is 2. The van der Waals surface area contributed by atoms with Crippen molar-refractivity contribution in [2.24, 2.45) is 0 Å². The van der Waals surface area contributed by atoms with Gasteiger partial charge in [-0.05, 0) is 57.5 Å². The summed E-state index contributed by atoms with van der Waals surface area (Å²) in [6.45, 7) is 8.23. The van der Waals surface area contributed by atoms with E-state index >= 15 is 0 Å². The van der Waals surface area contributed by atoms with Crippen molar-refractivity contribution in [3.63, 3.8) is 0 Å². The molecule has 1 amide bonds. The zero-order valence-corrected chi connectivity index (χ0v) is 20.3. The van der Waals surface area contributed by atoms with Gasteiger partial charge in [0.15, 0.2) is 0 Å². The summed E-state index contributed by atoms with van der Waals surface area (Å²) in [6.07, 6.45) is 1.43. The van der Waals surface area contributed by atoms with Crippen LogP contribution in [0, 0.1) is 6.92 Å². The molecule has 4 rings (SSSR count). The van der Waals surface area contributed by atoms with Gasteiger partial charge in [-0.3, -0.25) is 4.79 Å². The summed E-state index contributed by atoms with van der Waals surface area (Å²) in [6, 6.07) is 14.5. The normalized spacial score (nSPS) is 15.0. The average Bonchev–Trinajstić information content (AvgIpc) is 3.32. The molecule has 3 aromatic rings. The summed E-state index contributed by atoms with van der Waals surface area (Å²) in [4.78, 5) is 32.2. The molecule has 0 spiro atoms. The zero-order chi connectivity index (χ0) is 24.9. The number of amides is 1. The molecular formula is C26H29N5O4. The molecule has 35 heavy (non-hydrogen) atoms. The largest absolute Gasteiger partial charge is 0.494 e. The highest BCUT2D eigenvalue weighted by atomic mass is 16.5. The first kappa shape index (κ1) is 24.0. The fourth-order valence-corrected chi connectivity index (χ4v) is 4.09. The molecular weight excluding hydrogens is 446 g/mol. The Morgan fingerprint density at radius 2 is 1.71 bits per heavy atom. The van der Waals surface area contributed by atoms with E-state index in [0.717, 1.165) is 16.9 Å². The van der Waals surface area contributed by atoms with Crippen LogP contribution in [0.2, 0.25) is 0 Å². The molecule has 182 valence electrons. The topological polar surface area (TPSA) is 98.6 Å². The van der Waals surface area contributed by atoms with Crippen LogP contribution >= 0.6 is 0 Å². The highest BCUT2D eigenvalue weighted by molar-refractivity contribution is 5.96. The molecule has 0 unspecified atom stereocenters. The van der Waals surface area contributed by atoms with Crippen molar-refractivity contribution >= 4 is 23.5 Å². The molecule has 2 aromatic carbocycles. The van der Waals surface area contributed by atoms with Gasteiger partial charge in [0.25, 0.3) is 0 Å². The zero-order valence-electron chi connectivity index (χ0n) is 20.3. The maximum Gasteiger partial charge on any atom is 0.338 e. The van der Waals surface area contributed by atoms with Crippen LogP contribution in [0.4, 0.5) is 11.6 Å². The number of hydrogen-bond donors (Lipinski definition) is 1. The molecule has 0 saturated carbocycles. The minimum atomic E-state index is -0.516. The van der Waals surface area contributed by atoms with E-state index in [-0.39, 0.29) is 19.1 Å². The van der Waals surface area contributed by atoms with Gasteiger partial charge in [0.1, 0.15) is 24.7 Å². The van der Waals surface area contributed by atoms with Crippen LogP contribution in [0.5, 0.6) is 5.75 Å². The van der Waals surface area contributed by atoms with Crippen LogP contribution in [0.3, 0.4) is 0 Å². The minimum absolute atomic E-state index is 0.0543. The Bertz CT molecular complexity index is 1230. The van der Waals surface area contributed by atoms with Crippen molar-refractivity contribution in [2.45, 2.75) is 33.7 Å². The maximum atomic E-state index is 13.1. The fourth-order valence-electron chi connectivity index (χ4n) is 4.09. The molecule has 1 atom stereocenters. The van der Waals surface area contributed by atoms with E-state index in [1.54, 1.807) is 47.7 Å². The second-order valence-electron chi connectivity index (χ2n) is 8.13. The Morgan fingerprint density at radius 1 is 1.00 bits per heavy atom. The summed E-state index contributed by atoms with van der Waals surface area (Å²) in [5, 5.41) is 7.30. The Balaban J connectivity index is 1.66. The van der Waals surface area contributed by atoms with Gasteiger partial charge in [0, 0.05) is 11.4 Å². The first-order chi connectivity index (χ1) is 16.9. The Morgan fingerprint density at radius 3 is 2.37 bits per heavy atom. The summed E-state index contributed by atoms with van der Waals surface area (Å²) in [5.41, 5.74) is 3.64. The van der Waals surface area contributed by atoms with E-state index in [1.165, 1.54) is 6.33 Å². The smallest absolute Gasteiger partial charge is 0.338 e. The lowest BCUT2D eigenvalue weighted by molar-refractivity contribution is -0.139. The van der Waals surface area contributed by atoms with Crippen LogP contribution in [0.1, 0.15) is 37.9 Å². The van der Waals surface area contributed by atoms with Gasteiger partial charge < -0.3 is 19.7 Å². The van der Waals surface area contributed by atoms with Crippen LogP contribution in [0.25, 0.3) is 0 Å². The lowest BCUT2D eigenvalue weighted by Crippen LogP contribution is -2.40. The van der Waals surface area contributed by atoms with Crippen molar-refractivity contribution in [1.29, 1.82) is 0 Å². The molecule has 0 fully saturated rings. The molecule has 9 heteroatoms. The predicted octanol–water partition coefficient (Wildman–Crippen LogP) is 3.87. The summed E-state index contributed by atoms with van der Waals surface area (Å²) in [5.74, 6) is 0.492. The number of fused-ring (bicyclic) bond motifs is 1. The third-order valence-corrected chi connectivity index (χ3v) is 5.75. The van der Waals surface area contributed by atoms with E-state index < -0.39 is 12.0 Å². The van der Waals surface area contributed by atoms with Gasteiger partial charge in [0.2, 0.25) is 11.9 Å². The number of hydrogen-bond acceptors (Lipinski definition) is 7. The molecule has 1 aliphatic rings. The lowest BCUT2D eigenvalue weighted by atomic mass is 9.94. The molecule has 1 aromatic heterocycles. The predicted molar refractivity (Wildman–Crippen MR) is 132 cm³/mol. The summed E-state index contributed by atoms with van der Waals surface area (Å²) >= 11 is 0. The van der Waals surface area contributed by atoms with E-state index in [0.29, 0.717) is 29.5 Å². The summed E-state index contributed by atoms with van der Waals surface area (Å²) < 4.78 is 12.5. The molecule has 0 aliphatic carbocycles. The minimum Gasteiger partial charge on any atom is -0.494 e. The Labute approximate surface area is 204 Å². The van der Waals surface area contributed by atoms with Gasteiger partial charge in [0.05, 0.1) is 18.8 Å². The highest BCUT2D eigenvalue weighted by Crippen LogP contribution is 2.38. The second-order valence-corrected chi connectivity index (χ2v) is 8.13. The van der Waals surface area contributed by atoms with Crippen LogP contribution in [-0.2, 0) is 14.3 Å². The third kappa shape index (κ3) is 5.03. The van der Waals surface area contributed by atoms with Gasteiger partial charge in [-0.2, -0.15) is 10.1 Å².